The lowest BCUT2D eigenvalue weighted by atomic mass is 9.94. The van der Waals surface area contributed by atoms with Crippen molar-refractivity contribution in [1.82, 2.24) is 10.2 Å². The Balaban J connectivity index is 2.11. The summed E-state index contributed by atoms with van der Waals surface area (Å²) in [6, 6.07) is 5.65. The van der Waals surface area contributed by atoms with Crippen molar-refractivity contribution in [2.24, 2.45) is 11.0 Å². The molecular weight excluding hydrogens is 442 g/mol. The van der Waals surface area contributed by atoms with Gasteiger partial charge in [-0.25, -0.2) is 4.79 Å². The molecule has 0 spiro atoms. The van der Waals surface area contributed by atoms with E-state index < -0.39 is 41.7 Å². The fourth-order valence-electron chi connectivity index (χ4n) is 3.91. The Labute approximate surface area is 199 Å². The Morgan fingerprint density at radius 1 is 1.29 bits per heavy atom. The Kier molecular flexibility index (Phi) is 9.28. The predicted octanol–water partition coefficient (Wildman–Crippen LogP) is 3.33. The van der Waals surface area contributed by atoms with Crippen LogP contribution in [0.2, 0.25) is 0 Å². The SMILES string of the molecule is COc1cccc(C(=O)CNC(=O)[C@H](C)[C@@H](OC)[C@@H]2C[C@H](N=[N+]=[N-])CN2C(=O)OC(C)(C)C)c1. The number of carbonyl (C=O) groups is 3. The Morgan fingerprint density at radius 3 is 2.59 bits per heavy atom. The average molecular weight is 476 g/mol. The summed E-state index contributed by atoms with van der Waals surface area (Å²) in [5.74, 6) is -0.835. The summed E-state index contributed by atoms with van der Waals surface area (Å²) in [6.45, 7) is 6.88. The van der Waals surface area contributed by atoms with Crippen molar-refractivity contribution in [3.8, 4) is 5.75 Å². The number of hydrogen-bond donors (Lipinski definition) is 1. The first-order valence-electron chi connectivity index (χ1n) is 11.0. The second kappa shape index (κ2) is 11.7. The zero-order valence-corrected chi connectivity index (χ0v) is 20.5. The molecule has 0 radical (unpaired) electrons. The first-order chi connectivity index (χ1) is 16.0. The maximum Gasteiger partial charge on any atom is 0.410 e. The van der Waals surface area contributed by atoms with Crippen LogP contribution in [-0.2, 0) is 14.3 Å². The van der Waals surface area contributed by atoms with E-state index in [2.05, 4.69) is 15.3 Å². The number of Topliss-reactive ketones (excluding diaryl/α,β-unsaturated/α-hetero) is 1. The molecule has 1 heterocycles. The van der Waals surface area contributed by atoms with Crippen LogP contribution in [0.1, 0.15) is 44.5 Å². The van der Waals surface area contributed by atoms with Gasteiger partial charge in [0.2, 0.25) is 5.91 Å². The monoisotopic (exact) mass is 475 g/mol. The Bertz CT molecular complexity index is 940. The number of nitrogens with one attached hydrogen (secondary N) is 1. The minimum absolute atomic E-state index is 0.159. The zero-order chi connectivity index (χ0) is 25.5. The molecule has 11 nitrogen and oxygen atoms in total. The lowest BCUT2D eigenvalue weighted by Gasteiger charge is -2.34. The third-order valence-corrected chi connectivity index (χ3v) is 5.54. The third kappa shape index (κ3) is 7.10. The van der Waals surface area contributed by atoms with Gasteiger partial charge in [0.1, 0.15) is 11.4 Å². The normalized spacial score (nSPS) is 19.5. The summed E-state index contributed by atoms with van der Waals surface area (Å²) in [5, 5.41) is 6.40. The van der Waals surface area contributed by atoms with Gasteiger partial charge in [0.25, 0.3) is 0 Å². The molecule has 11 heteroatoms. The maximum atomic E-state index is 12.9. The minimum atomic E-state index is -0.718. The number of ketones is 1. The summed E-state index contributed by atoms with van der Waals surface area (Å²) >= 11 is 0. The number of ether oxygens (including phenoxy) is 3. The van der Waals surface area contributed by atoms with E-state index in [1.807, 2.05) is 0 Å². The fraction of sp³-hybridized carbons (Fsp3) is 0.609. The van der Waals surface area contributed by atoms with Crippen molar-refractivity contribution in [3.63, 3.8) is 0 Å². The van der Waals surface area contributed by atoms with Gasteiger partial charge in [-0.05, 0) is 44.9 Å². The van der Waals surface area contributed by atoms with E-state index in [-0.39, 0.29) is 18.9 Å². The molecule has 1 aromatic rings. The van der Waals surface area contributed by atoms with Gasteiger partial charge in [-0.3, -0.25) is 9.59 Å². The third-order valence-electron chi connectivity index (χ3n) is 5.54. The van der Waals surface area contributed by atoms with Crippen molar-refractivity contribution in [3.05, 3.63) is 40.3 Å². The molecule has 4 atom stereocenters. The number of azide groups is 1. The first-order valence-corrected chi connectivity index (χ1v) is 11.0. The van der Waals surface area contributed by atoms with E-state index in [1.165, 1.54) is 19.1 Å². The van der Waals surface area contributed by atoms with Crippen LogP contribution >= 0.6 is 0 Å². The van der Waals surface area contributed by atoms with E-state index in [1.54, 1.807) is 52.0 Å². The number of methoxy groups -OCH3 is 2. The minimum Gasteiger partial charge on any atom is -0.497 e. The molecule has 0 aromatic heterocycles. The average Bonchev–Trinajstić information content (AvgIpc) is 3.20. The molecule has 2 amide bonds. The molecule has 1 N–H and O–H groups in total. The first kappa shape index (κ1) is 26.9. The molecule has 1 aliphatic heterocycles. The molecule has 1 aliphatic rings. The molecule has 0 saturated carbocycles. The second-order valence-electron chi connectivity index (χ2n) is 9.16. The second-order valence-corrected chi connectivity index (χ2v) is 9.16. The molecule has 0 aliphatic carbocycles. The number of benzene rings is 1. The molecule has 186 valence electrons. The molecule has 1 aromatic carbocycles. The largest absolute Gasteiger partial charge is 0.497 e. The predicted molar refractivity (Wildman–Crippen MR) is 125 cm³/mol. The number of likely N-dealkylation sites (tertiary alicyclic amines) is 1. The summed E-state index contributed by atoms with van der Waals surface area (Å²) < 4.78 is 16.3. The van der Waals surface area contributed by atoms with Crippen LogP contribution in [0, 0.1) is 5.92 Å². The highest BCUT2D eigenvalue weighted by atomic mass is 16.6. The van der Waals surface area contributed by atoms with E-state index in [9.17, 15) is 14.4 Å². The van der Waals surface area contributed by atoms with Gasteiger partial charge in [0, 0.05) is 24.1 Å². The van der Waals surface area contributed by atoms with Gasteiger partial charge >= 0.3 is 6.09 Å². The standard InChI is InChI=1S/C23H33N5O6/c1-14(21(30)25-12-19(29)15-8-7-9-17(10-15)32-5)20(33-6)18-11-16(26-27-24)13-28(18)22(31)34-23(2,3)4/h7-10,14,16,18,20H,11-13H2,1-6H3,(H,25,30)/t14-,16+,18+,20-/m1/s1. The Morgan fingerprint density at radius 2 is 2.00 bits per heavy atom. The van der Waals surface area contributed by atoms with Crippen LogP contribution in [0.4, 0.5) is 4.79 Å². The number of nitrogens with zero attached hydrogens (tertiary/aromatic N) is 4. The van der Waals surface area contributed by atoms with Crippen molar-refractivity contribution in [2.45, 2.75) is 57.9 Å². The lowest BCUT2D eigenvalue weighted by molar-refractivity contribution is -0.130. The van der Waals surface area contributed by atoms with Crippen LogP contribution in [0.15, 0.2) is 29.4 Å². The van der Waals surface area contributed by atoms with Gasteiger partial charge < -0.3 is 24.4 Å². The van der Waals surface area contributed by atoms with Crippen molar-refractivity contribution in [1.29, 1.82) is 0 Å². The van der Waals surface area contributed by atoms with Crippen molar-refractivity contribution >= 4 is 17.8 Å². The Hall–Kier alpha value is -3.30. The van der Waals surface area contributed by atoms with Gasteiger partial charge in [0.05, 0.1) is 37.8 Å². The molecule has 34 heavy (non-hydrogen) atoms. The summed E-state index contributed by atoms with van der Waals surface area (Å²) in [4.78, 5) is 42.5. The molecule has 2 rings (SSSR count). The van der Waals surface area contributed by atoms with Crippen molar-refractivity contribution < 1.29 is 28.6 Å². The number of carbonyl (C=O) groups excluding carboxylic acids is 3. The number of hydrogen-bond acceptors (Lipinski definition) is 7. The molecule has 0 unspecified atom stereocenters. The summed E-state index contributed by atoms with van der Waals surface area (Å²) in [6.07, 6.45) is -0.961. The van der Waals surface area contributed by atoms with Gasteiger partial charge in [-0.1, -0.05) is 24.2 Å². The van der Waals surface area contributed by atoms with Crippen LogP contribution in [0.3, 0.4) is 0 Å². The number of amides is 2. The van der Waals surface area contributed by atoms with Gasteiger partial charge in [0.15, 0.2) is 5.78 Å². The molecule has 1 fully saturated rings. The highest BCUT2D eigenvalue weighted by molar-refractivity contribution is 5.99. The molecular formula is C23H33N5O6. The smallest absolute Gasteiger partial charge is 0.410 e. The van der Waals surface area contributed by atoms with Gasteiger partial charge in [-0.2, -0.15) is 0 Å². The number of rotatable bonds is 9. The summed E-state index contributed by atoms with van der Waals surface area (Å²) in [7, 11) is 2.96. The summed E-state index contributed by atoms with van der Waals surface area (Å²) in [5.41, 5.74) is 8.55. The highest BCUT2D eigenvalue weighted by Gasteiger charge is 2.44. The van der Waals surface area contributed by atoms with Gasteiger partial charge in [-0.15, -0.1) is 0 Å². The van der Waals surface area contributed by atoms with E-state index in [0.29, 0.717) is 17.7 Å². The molecule has 1 saturated heterocycles. The van der Waals surface area contributed by atoms with E-state index in [0.717, 1.165) is 0 Å². The quantitative estimate of drug-likeness (QED) is 0.251. The van der Waals surface area contributed by atoms with Crippen LogP contribution in [-0.4, -0.2) is 73.8 Å². The fourth-order valence-corrected chi connectivity index (χ4v) is 3.91. The maximum absolute atomic E-state index is 12.9. The zero-order valence-electron chi connectivity index (χ0n) is 20.5. The van der Waals surface area contributed by atoms with Crippen LogP contribution in [0.25, 0.3) is 10.4 Å². The van der Waals surface area contributed by atoms with Crippen molar-refractivity contribution in [2.75, 3.05) is 27.3 Å². The highest BCUT2D eigenvalue weighted by Crippen LogP contribution is 2.30. The van der Waals surface area contributed by atoms with Crippen LogP contribution in [0.5, 0.6) is 5.75 Å². The lowest BCUT2D eigenvalue weighted by Crippen LogP contribution is -2.51. The van der Waals surface area contributed by atoms with E-state index >= 15 is 0 Å². The van der Waals surface area contributed by atoms with E-state index in [4.69, 9.17) is 19.7 Å². The topological polar surface area (TPSA) is 143 Å². The molecule has 0 bridgehead atoms. The van der Waals surface area contributed by atoms with Crippen LogP contribution < -0.4 is 10.1 Å².